The lowest BCUT2D eigenvalue weighted by atomic mass is 10.1. The fourth-order valence-corrected chi connectivity index (χ4v) is 4.64. The van der Waals surface area contributed by atoms with Gasteiger partial charge in [0, 0.05) is 15.2 Å². The molecule has 0 aliphatic carbocycles. The monoisotopic (exact) mass is 533 g/mol. The number of hydrogen-bond donors (Lipinski definition) is 0. The van der Waals surface area contributed by atoms with E-state index in [-0.39, 0.29) is 17.5 Å². The summed E-state index contributed by atoms with van der Waals surface area (Å²) >= 11 is 2.19. The lowest BCUT2D eigenvalue weighted by molar-refractivity contribution is -0.113. The van der Waals surface area contributed by atoms with E-state index in [1.165, 1.54) is 0 Å². The summed E-state index contributed by atoms with van der Waals surface area (Å²) in [6.45, 7) is 3.99. The number of hydrogen-bond acceptors (Lipinski definition) is 3. The number of carbonyl (C=O) groups is 1. The van der Waals surface area contributed by atoms with E-state index >= 15 is 0 Å². The molecule has 0 bridgehead atoms. The quantitative estimate of drug-likeness (QED) is 0.266. The molecule has 0 spiro atoms. The Morgan fingerprint density at radius 3 is 2.41 bits per heavy atom. The minimum absolute atomic E-state index is 0.0116. The van der Waals surface area contributed by atoms with Crippen LogP contribution in [0.1, 0.15) is 25.2 Å². The number of halogens is 1. The first-order valence-corrected chi connectivity index (χ1v) is 11.5. The number of nitrogens with zero attached hydrogens (tertiary/aromatic N) is 3. The molecule has 0 saturated carbocycles. The maximum absolute atomic E-state index is 13.6. The van der Waals surface area contributed by atoms with Crippen LogP contribution >= 0.6 is 22.6 Å². The number of fused-ring (bicyclic) bond motifs is 2. The minimum Gasteiger partial charge on any atom is -0.305 e. The van der Waals surface area contributed by atoms with Gasteiger partial charge in [-0.2, -0.15) is 0 Å². The van der Waals surface area contributed by atoms with Crippen molar-refractivity contribution < 1.29 is 4.79 Å². The second kappa shape index (κ2) is 8.02. The highest BCUT2D eigenvalue weighted by Gasteiger charge is 2.34. The van der Waals surface area contributed by atoms with E-state index in [1.54, 1.807) is 15.5 Å². The first-order valence-electron chi connectivity index (χ1n) is 10.4. The van der Waals surface area contributed by atoms with E-state index in [2.05, 4.69) is 22.6 Å². The number of anilines is 1. The molecule has 6 heteroatoms. The number of amides is 1. The van der Waals surface area contributed by atoms with Crippen molar-refractivity contribution in [2.45, 2.75) is 19.9 Å². The lowest BCUT2D eigenvalue weighted by Gasteiger charge is -2.21. The third kappa shape index (κ3) is 3.35. The van der Waals surface area contributed by atoms with Crippen LogP contribution in [-0.4, -0.2) is 21.5 Å². The molecule has 0 atom stereocenters. The van der Waals surface area contributed by atoms with E-state index in [9.17, 15) is 9.59 Å². The molecule has 1 aromatic heterocycles. The topological polar surface area (TPSA) is 55.2 Å². The van der Waals surface area contributed by atoms with E-state index < -0.39 is 0 Å². The summed E-state index contributed by atoms with van der Waals surface area (Å²) in [6, 6.07) is 22.8. The van der Waals surface area contributed by atoms with Crippen LogP contribution in [-0.2, 0) is 4.79 Å². The van der Waals surface area contributed by atoms with Gasteiger partial charge in [0.15, 0.2) is 0 Å². The average Bonchev–Trinajstić information content (AvgIpc) is 3.06. The summed E-state index contributed by atoms with van der Waals surface area (Å²) in [5.74, 6) is 0.344. The van der Waals surface area contributed by atoms with Crippen molar-refractivity contribution in [2.24, 2.45) is 0 Å². The molecule has 32 heavy (non-hydrogen) atoms. The van der Waals surface area contributed by atoms with Crippen LogP contribution in [0.15, 0.2) is 77.6 Å². The summed E-state index contributed by atoms with van der Waals surface area (Å²) in [6.07, 6.45) is 1.75. The Balaban J connectivity index is 1.82. The summed E-state index contributed by atoms with van der Waals surface area (Å²) in [5, 5.41) is 0.546. The summed E-state index contributed by atoms with van der Waals surface area (Å²) in [5.41, 5.74) is 3.41. The zero-order valence-corrected chi connectivity index (χ0v) is 19.8. The van der Waals surface area contributed by atoms with Crippen molar-refractivity contribution in [3.63, 3.8) is 0 Å². The number of para-hydroxylation sites is 2. The average molecular weight is 533 g/mol. The van der Waals surface area contributed by atoms with E-state index in [4.69, 9.17) is 4.98 Å². The molecule has 5 rings (SSSR count). The number of carbonyl (C=O) groups excluding carboxylic acids is 1. The second-order valence-corrected chi connectivity index (χ2v) is 9.20. The predicted molar refractivity (Wildman–Crippen MR) is 137 cm³/mol. The Morgan fingerprint density at radius 1 is 0.938 bits per heavy atom. The number of benzene rings is 3. The fraction of sp³-hybridized carbons (Fsp3) is 0.115. The van der Waals surface area contributed by atoms with Gasteiger partial charge in [-0.05, 0) is 78.9 Å². The van der Waals surface area contributed by atoms with E-state index in [0.717, 1.165) is 14.8 Å². The molecule has 0 N–H and O–H groups in total. The normalized spacial score (nSPS) is 14.6. The highest BCUT2D eigenvalue weighted by Crippen LogP contribution is 2.38. The highest BCUT2D eigenvalue weighted by molar-refractivity contribution is 14.1. The van der Waals surface area contributed by atoms with Crippen LogP contribution in [0.25, 0.3) is 28.2 Å². The number of aromatic nitrogens is 2. The molecule has 0 radical (unpaired) electrons. The van der Waals surface area contributed by atoms with Gasteiger partial charge in [0.05, 0.1) is 27.9 Å². The van der Waals surface area contributed by atoms with Crippen LogP contribution in [0.5, 0.6) is 0 Å². The Hall–Kier alpha value is -3.26. The largest absolute Gasteiger partial charge is 0.305 e. The van der Waals surface area contributed by atoms with Gasteiger partial charge in [-0.3, -0.25) is 14.2 Å². The second-order valence-electron chi connectivity index (χ2n) is 7.95. The Morgan fingerprint density at radius 2 is 1.66 bits per heavy atom. The number of rotatable bonds is 3. The van der Waals surface area contributed by atoms with Crippen LogP contribution in [0.2, 0.25) is 0 Å². The summed E-state index contributed by atoms with van der Waals surface area (Å²) in [4.78, 5) is 33.6. The Kier molecular flexibility index (Phi) is 5.17. The highest BCUT2D eigenvalue weighted by atomic mass is 127. The summed E-state index contributed by atoms with van der Waals surface area (Å²) in [7, 11) is 0. The molecule has 1 amide bonds. The van der Waals surface area contributed by atoms with Crippen molar-refractivity contribution in [1.82, 2.24) is 9.55 Å². The standard InChI is InChI=1S/C26H20IN3O2/c1-16(2)29-23-11-7-6-10-19(23)20(25(29)31)15-24-28-22-13-12-17(27)14-21(22)26(32)30(24)18-8-4-3-5-9-18/h3-16H,1-2H3. The van der Waals surface area contributed by atoms with Gasteiger partial charge < -0.3 is 4.90 Å². The maximum atomic E-state index is 13.6. The fourth-order valence-electron chi connectivity index (χ4n) is 4.15. The van der Waals surface area contributed by atoms with Gasteiger partial charge in [0.1, 0.15) is 5.82 Å². The van der Waals surface area contributed by atoms with E-state index in [1.807, 2.05) is 86.6 Å². The molecule has 0 fully saturated rings. The van der Waals surface area contributed by atoms with Crippen molar-refractivity contribution in [1.29, 1.82) is 0 Å². The third-order valence-corrected chi connectivity index (χ3v) is 6.23. The molecule has 4 aromatic rings. The maximum Gasteiger partial charge on any atom is 0.266 e. The van der Waals surface area contributed by atoms with Crippen molar-refractivity contribution in [2.75, 3.05) is 4.90 Å². The Labute approximate surface area is 199 Å². The molecule has 0 unspecified atom stereocenters. The van der Waals surface area contributed by atoms with Crippen molar-refractivity contribution in [3.05, 3.63) is 98.1 Å². The van der Waals surface area contributed by atoms with Crippen LogP contribution in [0.4, 0.5) is 5.69 Å². The SMILES string of the molecule is CC(C)N1C(=O)C(=Cc2nc3ccc(I)cc3c(=O)n2-c2ccccc2)c2ccccc21. The third-order valence-electron chi connectivity index (χ3n) is 5.56. The molecule has 1 aliphatic rings. The minimum atomic E-state index is -0.161. The van der Waals surface area contributed by atoms with Crippen molar-refractivity contribution >= 4 is 56.7 Å². The van der Waals surface area contributed by atoms with Crippen molar-refractivity contribution in [3.8, 4) is 5.69 Å². The first-order chi connectivity index (χ1) is 15.5. The zero-order valence-electron chi connectivity index (χ0n) is 17.6. The van der Waals surface area contributed by atoms with Gasteiger partial charge >= 0.3 is 0 Å². The van der Waals surface area contributed by atoms with Gasteiger partial charge in [0.2, 0.25) is 0 Å². The first kappa shape index (κ1) is 20.6. The van der Waals surface area contributed by atoms with Crippen LogP contribution < -0.4 is 10.5 Å². The van der Waals surface area contributed by atoms with Gasteiger partial charge in [-0.25, -0.2) is 4.98 Å². The Bertz CT molecular complexity index is 1460. The zero-order chi connectivity index (χ0) is 22.4. The summed E-state index contributed by atoms with van der Waals surface area (Å²) < 4.78 is 2.55. The molecule has 5 nitrogen and oxygen atoms in total. The predicted octanol–water partition coefficient (Wildman–Crippen LogP) is 5.29. The molecule has 3 aromatic carbocycles. The van der Waals surface area contributed by atoms with Crippen LogP contribution in [0.3, 0.4) is 0 Å². The molecule has 1 aliphatic heterocycles. The van der Waals surface area contributed by atoms with Gasteiger partial charge in [0.25, 0.3) is 11.5 Å². The molecule has 2 heterocycles. The molecular weight excluding hydrogens is 513 g/mol. The lowest BCUT2D eigenvalue weighted by Crippen LogP contribution is -2.33. The molecule has 158 valence electrons. The van der Waals surface area contributed by atoms with E-state index in [0.29, 0.717) is 28.0 Å². The smallest absolute Gasteiger partial charge is 0.266 e. The molecular formula is C26H20IN3O2. The van der Waals surface area contributed by atoms with Gasteiger partial charge in [-0.15, -0.1) is 0 Å². The van der Waals surface area contributed by atoms with Gasteiger partial charge in [-0.1, -0.05) is 36.4 Å². The molecule has 0 saturated heterocycles. The van der Waals surface area contributed by atoms with Crippen LogP contribution in [0, 0.1) is 3.57 Å².